The van der Waals surface area contributed by atoms with Gasteiger partial charge in [-0.1, -0.05) is 47.5 Å². The number of pyridine rings is 1. The molecule has 4 aromatic rings. The van der Waals surface area contributed by atoms with E-state index in [9.17, 15) is 4.79 Å². The molecule has 144 valence electrons. The molecule has 0 aliphatic carbocycles. The minimum absolute atomic E-state index is 0.247. The van der Waals surface area contributed by atoms with Gasteiger partial charge >= 0.3 is 0 Å². The molecule has 1 aromatic heterocycles. The predicted molar refractivity (Wildman–Crippen MR) is 118 cm³/mol. The van der Waals surface area contributed by atoms with Gasteiger partial charge in [0.25, 0.3) is 5.91 Å². The standard InChI is InChI=1S/C23H16Cl2N2O2/c1-29-16-6-4-5-15(12-16)26-23(28)19-13-22(18-10-9-14(24)11-20(18)25)27-21-8-3-2-7-17(19)21/h2-13H,1H3,(H,26,28). The number of benzene rings is 3. The SMILES string of the molecule is COc1cccc(NC(=O)c2cc(-c3ccc(Cl)cc3Cl)nc3ccccc23)c1. The Hall–Kier alpha value is -3.08. The van der Waals surface area contributed by atoms with E-state index < -0.39 is 0 Å². The number of methoxy groups -OCH3 is 1. The summed E-state index contributed by atoms with van der Waals surface area (Å²) in [5.41, 5.74) is 3.14. The highest BCUT2D eigenvalue weighted by Crippen LogP contribution is 2.32. The third-order valence-corrected chi connectivity index (χ3v) is 5.04. The second-order valence-corrected chi connectivity index (χ2v) is 7.23. The molecule has 0 aliphatic rings. The van der Waals surface area contributed by atoms with Crippen LogP contribution in [0.15, 0.2) is 72.8 Å². The Morgan fingerprint density at radius 3 is 2.59 bits per heavy atom. The van der Waals surface area contributed by atoms with Crippen molar-refractivity contribution < 1.29 is 9.53 Å². The summed E-state index contributed by atoms with van der Waals surface area (Å²) in [6, 6.07) is 21.6. The van der Waals surface area contributed by atoms with Crippen LogP contribution in [0.5, 0.6) is 5.75 Å². The van der Waals surface area contributed by atoms with Crippen molar-refractivity contribution >= 4 is 45.7 Å². The maximum atomic E-state index is 13.1. The van der Waals surface area contributed by atoms with E-state index in [1.54, 1.807) is 43.5 Å². The Balaban J connectivity index is 1.81. The third kappa shape index (κ3) is 4.04. The largest absolute Gasteiger partial charge is 0.497 e. The molecule has 0 unspecified atom stereocenters. The molecule has 0 spiro atoms. The molecule has 6 heteroatoms. The minimum Gasteiger partial charge on any atom is -0.497 e. The number of amides is 1. The molecule has 0 radical (unpaired) electrons. The van der Waals surface area contributed by atoms with Crippen LogP contribution < -0.4 is 10.1 Å². The molecule has 1 heterocycles. The number of ether oxygens (including phenoxy) is 1. The van der Waals surface area contributed by atoms with Crippen LogP contribution >= 0.6 is 23.2 Å². The molecule has 0 atom stereocenters. The van der Waals surface area contributed by atoms with Gasteiger partial charge in [-0.3, -0.25) is 4.79 Å². The smallest absolute Gasteiger partial charge is 0.256 e. The van der Waals surface area contributed by atoms with E-state index in [0.717, 1.165) is 5.39 Å². The van der Waals surface area contributed by atoms with E-state index in [4.69, 9.17) is 27.9 Å². The zero-order valence-corrected chi connectivity index (χ0v) is 17.0. The number of hydrogen-bond acceptors (Lipinski definition) is 3. The molecule has 1 amide bonds. The van der Waals surface area contributed by atoms with Crippen LogP contribution in [-0.4, -0.2) is 18.0 Å². The van der Waals surface area contributed by atoms with Crippen molar-refractivity contribution in [3.05, 3.63) is 88.4 Å². The Labute approximate surface area is 178 Å². The Morgan fingerprint density at radius 2 is 1.79 bits per heavy atom. The van der Waals surface area contributed by atoms with Crippen molar-refractivity contribution in [2.45, 2.75) is 0 Å². The summed E-state index contributed by atoms with van der Waals surface area (Å²) in [5, 5.41) is 4.69. The van der Waals surface area contributed by atoms with Crippen molar-refractivity contribution in [1.29, 1.82) is 0 Å². The number of hydrogen-bond donors (Lipinski definition) is 1. The minimum atomic E-state index is -0.247. The number of carbonyl (C=O) groups excluding carboxylic acids is 1. The molecule has 0 bridgehead atoms. The van der Waals surface area contributed by atoms with E-state index in [0.29, 0.717) is 43.8 Å². The highest BCUT2D eigenvalue weighted by molar-refractivity contribution is 6.36. The van der Waals surface area contributed by atoms with Crippen LogP contribution in [0.3, 0.4) is 0 Å². The summed E-state index contributed by atoms with van der Waals surface area (Å²) in [6.07, 6.45) is 0. The summed E-state index contributed by atoms with van der Waals surface area (Å²) < 4.78 is 5.23. The normalized spacial score (nSPS) is 10.7. The van der Waals surface area contributed by atoms with E-state index in [1.807, 2.05) is 36.4 Å². The predicted octanol–water partition coefficient (Wildman–Crippen LogP) is 6.47. The summed E-state index contributed by atoms with van der Waals surface area (Å²) in [4.78, 5) is 17.8. The number of para-hydroxylation sites is 1. The van der Waals surface area contributed by atoms with Gasteiger partial charge < -0.3 is 10.1 Å². The van der Waals surface area contributed by atoms with Crippen LogP contribution in [0, 0.1) is 0 Å². The average Bonchev–Trinajstić information content (AvgIpc) is 2.73. The van der Waals surface area contributed by atoms with Gasteiger partial charge in [0, 0.05) is 27.7 Å². The average molecular weight is 423 g/mol. The lowest BCUT2D eigenvalue weighted by Crippen LogP contribution is -2.13. The number of nitrogens with one attached hydrogen (secondary N) is 1. The zero-order valence-electron chi connectivity index (χ0n) is 15.4. The van der Waals surface area contributed by atoms with Gasteiger partial charge in [-0.2, -0.15) is 0 Å². The van der Waals surface area contributed by atoms with Crippen molar-refractivity contribution in [3.63, 3.8) is 0 Å². The number of anilines is 1. The van der Waals surface area contributed by atoms with Crippen molar-refractivity contribution in [2.24, 2.45) is 0 Å². The van der Waals surface area contributed by atoms with E-state index in [1.165, 1.54) is 0 Å². The number of aromatic nitrogens is 1. The lowest BCUT2D eigenvalue weighted by atomic mass is 10.0. The molecule has 0 saturated carbocycles. The first-order valence-corrected chi connectivity index (χ1v) is 9.61. The van der Waals surface area contributed by atoms with Gasteiger partial charge in [0.05, 0.1) is 28.9 Å². The molecule has 4 rings (SSSR count). The van der Waals surface area contributed by atoms with E-state index in [-0.39, 0.29) is 5.91 Å². The van der Waals surface area contributed by atoms with Gasteiger partial charge in [-0.15, -0.1) is 0 Å². The van der Waals surface area contributed by atoms with Gasteiger partial charge in [0.15, 0.2) is 0 Å². The molecular weight excluding hydrogens is 407 g/mol. The van der Waals surface area contributed by atoms with Gasteiger partial charge in [-0.25, -0.2) is 4.98 Å². The summed E-state index contributed by atoms with van der Waals surface area (Å²) in [6.45, 7) is 0. The number of carbonyl (C=O) groups is 1. The molecule has 0 aliphatic heterocycles. The second-order valence-electron chi connectivity index (χ2n) is 6.38. The van der Waals surface area contributed by atoms with Crippen LogP contribution in [0.1, 0.15) is 10.4 Å². The van der Waals surface area contributed by atoms with Crippen molar-refractivity contribution in [3.8, 4) is 17.0 Å². The number of fused-ring (bicyclic) bond motifs is 1. The molecule has 29 heavy (non-hydrogen) atoms. The molecular formula is C23H16Cl2N2O2. The van der Waals surface area contributed by atoms with E-state index >= 15 is 0 Å². The van der Waals surface area contributed by atoms with Gasteiger partial charge in [-0.05, 0) is 42.5 Å². The first-order valence-electron chi connectivity index (χ1n) is 8.86. The number of nitrogens with zero attached hydrogens (tertiary/aromatic N) is 1. The zero-order chi connectivity index (χ0) is 20.4. The molecule has 1 N–H and O–H groups in total. The Morgan fingerprint density at radius 1 is 0.966 bits per heavy atom. The van der Waals surface area contributed by atoms with Crippen LogP contribution in [0.25, 0.3) is 22.2 Å². The monoisotopic (exact) mass is 422 g/mol. The Kier molecular flexibility index (Phi) is 5.38. The Bertz CT molecular complexity index is 1220. The fourth-order valence-electron chi connectivity index (χ4n) is 3.10. The van der Waals surface area contributed by atoms with Crippen molar-refractivity contribution in [2.75, 3.05) is 12.4 Å². The highest BCUT2D eigenvalue weighted by Gasteiger charge is 2.16. The first-order chi connectivity index (χ1) is 14.0. The summed E-state index contributed by atoms with van der Waals surface area (Å²) in [7, 11) is 1.58. The van der Waals surface area contributed by atoms with Crippen LogP contribution in [0.4, 0.5) is 5.69 Å². The lowest BCUT2D eigenvalue weighted by molar-refractivity contribution is 0.102. The van der Waals surface area contributed by atoms with E-state index in [2.05, 4.69) is 10.3 Å². The maximum absolute atomic E-state index is 13.1. The summed E-state index contributed by atoms with van der Waals surface area (Å²) >= 11 is 12.4. The summed E-state index contributed by atoms with van der Waals surface area (Å²) in [5.74, 6) is 0.416. The second kappa shape index (κ2) is 8.11. The van der Waals surface area contributed by atoms with Crippen molar-refractivity contribution in [1.82, 2.24) is 4.98 Å². The van der Waals surface area contributed by atoms with Crippen LogP contribution in [-0.2, 0) is 0 Å². The number of rotatable bonds is 4. The van der Waals surface area contributed by atoms with Gasteiger partial charge in [0.2, 0.25) is 0 Å². The van der Waals surface area contributed by atoms with Gasteiger partial charge in [0.1, 0.15) is 5.75 Å². The quantitative estimate of drug-likeness (QED) is 0.409. The molecule has 4 nitrogen and oxygen atoms in total. The molecule has 3 aromatic carbocycles. The highest BCUT2D eigenvalue weighted by atomic mass is 35.5. The fraction of sp³-hybridized carbons (Fsp3) is 0.0435. The fourth-order valence-corrected chi connectivity index (χ4v) is 3.60. The molecule has 0 saturated heterocycles. The third-order valence-electron chi connectivity index (χ3n) is 4.50. The number of halogens is 2. The first kappa shape index (κ1) is 19.2. The van der Waals surface area contributed by atoms with Crippen LogP contribution in [0.2, 0.25) is 10.0 Å². The molecule has 0 fully saturated rings. The topological polar surface area (TPSA) is 51.2 Å². The maximum Gasteiger partial charge on any atom is 0.256 e. The lowest BCUT2D eigenvalue weighted by Gasteiger charge is -2.12.